The van der Waals surface area contributed by atoms with Gasteiger partial charge < -0.3 is 10.5 Å². The fourth-order valence-corrected chi connectivity index (χ4v) is 1.62. The van der Waals surface area contributed by atoms with E-state index in [0.29, 0.717) is 12.5 Å². The molecule has 2 N–H and O–H groups in total. The number of nitrogen functional groups attached to an aromatic ring is 1. The number of alkyl halides is 3. The third-order valence-corrected chi connectivity index (χ3v) is 2.82. The van der Waals surface area contributed by atoms with Gasteiger partial charge in [0, 0.05) is 5.69 Å². The summed E-state index contributed by atoms with van der Waals surface area (Å²) in [5.74, 6) is 0.929. The lowest BCUT2D eigenvalue weighted by molar-refractivity contribution is -0.137. The zero-order chi connectivity index (χ0) is 12.5. The standard InChI is InChI=1S/C12H14F3NO/c13-12(14,15)10-7-9(3-4-11(10)16)17-6-5-8-1-2-8/h3-4,7-8H,1-2,5-6,16H2. The van der Waals surface area contributed by atoms with Gasteiger partial charge in [0.15, 0.2) is 0 Å². The van der Waals surface area contributed by atoms with E-state index in [4.69, 9.17) is 10.5 Å². The highest BCUT2D eigenvalue weighted by Gasteiger charge is 2.33. The number of ether oxygens (including phenoxy) is 1. The molecule has 0 radical (unpaired) electrons. The number of nitrogens with two attached hydrogens (primary N) is 1. The van der Waals surface area contributed by atoms with Crippen molar-refractivity contribution in [3.05, 3.63) is 23.8 Å². The van der Waals surface area contributed by atoms with Crippen LogP contribution < -0.4 is 10.5 Å². The van der Waals surface area contributed by atoms with Gasteiger partial charge in [0.2, 0.25) is 0 Å². The van der Waals surface area contributed by atoms with Crippen LogP contribution >= 0.6 is 0 Å². The molecule has 0 unspecified atom stereocenters. The van der Waals surface area contributed by atoms with Crippen molar-refractivity contribution in [1.82, 2.24) is 0 Å². The van der Waals surface area contributed by atoms with Gasteiger partial charge in [-0.15, -0.1) is 0 Å². The second-order valence-corrected chi connectivity index (χ2v) is 4.33. The first-order valence-corrected chi connectivity index (χ1v) is 5.56. The fourth-order valence-electron chi connectivity index (χ4n) is 1.62. The molecule has 1 saturated carbocycles. The summed E-state index contributed by atoms with van der Waals surface area (Å²) in [7, 11) is 0. The van der Waals surface area contributed by atoms with Crippen LogP contribution in [0.2, 0.25) is 0 Å². The molecule has 0 amide bonds. The molecule has 1 fully saturated rings. The smallest absolute Gasteiger partial charge is 0.418 e. The molecule has 2 nitrogen and oxygen atoms in total. The summed E-state index contributed by atoms with van der Waals surface area (Å²) in [4.78, 5) is 0. The first kappa shape index (κ1) is 12.1. The summed E-state index contributed by atoms with van der Waals surface area (Å²) < 4.78 is 43.0. The molecule has 17 heavy (non-hydrogen) atoms. The largest absolute Gasteiger partial charge is 0.494 e. The average molecular weight is 245 g/mol. The third-order valence-electron chi connectivity index (χ3n) is 2.82. The number of rotatable bonds is 4. The SMILES string of the molecule is Nc1ccc(OCCC2CC2)cc1C(F)(F)F. The van der Waals surface area contributed by atoms with E-state index in [2.05, 4.69) is 0 Å². The van der Waals surface area contributed by atoms with Gasteiger partial charge in [-0.2, -0.15) is 13.2 Å². The van der Waals surface area contributed by atoms with Crippen LogP contribution in [0.1, 0.15) is 24.8 Å². The number of anilines is 1. The number of benzene rings is 1. The number of hydrogen-bond donors (Lipinski definition) is 1. The predicted molar refractivity (Wildman–Crippen MR) is 58.7 cm³/mol. The van der Waals surface area contributed by atoms with Crippen molar-refractivity contribution in [3.8, 4) is 5.75 Å². The predicted octanol–water partition coefficient (Wildman–Crippen LogP) is 3.47. The highest BCUT2D eigenvalue weighted by Crippen LogP contribution is 2.36. The van der Waals surface area contributed by atoms with Gasteiger partial charge in [-0.05, 0) is 30.5 Å². The summed E-state index contributed by atoms with van der Waals surface area (Å²) in [5.41, 5.74) is 4.18. The second-order valence-electron chi connectivity index (χ2n) is 4.33. The molecule has 0 aromatic heterocycles. The molecule has 94 valence electrons. The zero-order valence-electron chi connectivity index (χ0n) is 9.26. The van der Waals surface area contributed by atoms with Crippen molar-refractivity contribution in [3.63, 3.8) is 0 Å². The van der Waals surface area contributed by atoms with Gasteiger partial charge in [-0.1, -0.05) is 12.8 Å². The highest BCUT2D eigenvalue weighted by atomic mass is 19.4. The molecular weight excluding hydrogens is 231 g/mol. The Kier molecular flexibility index (Phi) is 3.17. The maximum Gasteiger partial charge on any atom is 0.418 e. The molecule has 1 aromatic carbocycles. The van der Waals surface area contributed by atoms with Gasteiger partial charge in [-0.3, -0.25) is 0 Å². The molecule has 1 aliphatic carbocycles. The third kappa shape index (κ3) is 3.28. The van der Waals surface area contributed by atoms with E-state index < -0.39 is 11.7 Å². The van der Waals surface area contributed by atoms with Crippen molar-refractivity contribution < 1.29 is 17.9 Å². The van der Waals surface area contributed by atoms with Crippen molar-refractivity contribution in [2.75, 3.05) is 12.3 Å². The molecule has 2 rings (SSSR count). The van der Waals surface area contributed by atoms with Crippen LogP contribution in [-0.4, -0.2) is 6.61 Å². The van der Waals surface area contributed by atoms with E-state index in [0.717, 1.165) is 12.5 Å². The van der Waals surface area contributed by atoms with Crippen LogP contribution in [0.25, 0.3) is 0 Å². The Morgan fingerprint density at radius 3 is 2.59 bits per heavy atom. The minimum Gasteiger partial charge on any atom is -0.494 e. The van der Waals surface area contributed by atoms with E-state index in [-0.39, 0.29) is 11.4 Å². The Morgan fingerprint density at radius 1 is 1.29 bits per heavy atom. The molecule has 5 heteroatoms. The molecule has 0 bridgehead atoms. The van der Waals surface area contributed by atoms with Gasteiger partial charge in [-0.25, -0.2) is 0 Å². The number of halogens is 3. The Morgan fingerprint density at radius 2 is 2.00 bits per heavy atom. The lowest BCUT2D eigenvalue weighted by atomic mass is 10.1. The molecule has 1 aromatic rings. The maximum absolute atomic E-state index is 12.6. The minimum atomic E-state index is -4.43. The number of hydrogen-bond acceptors (Lipinski definition) is 2. The van der Waals surface area contributed by atoms with E-state index >= 15 is 0 Å². The summed E-state index contributed by atoms with van der Waals surface area (Å²) >= 11 is 0. The second kappa shape index (κ2) is 4.47. The molecule has 0 aliphatic heterocycles. The van der Waals surface area contributed by atoms with E-state index in [1.54, 1.807) is 0 Å². The quantitative estimate of drug-likeness (QED) is 0.824. The van der Waals surface area contributed by atoms with Crippen LogP contribution in [0.4, 0.5) is 18.9 Å². The van der Waals surface area contributed by atoms with Gasteiger partial charge in [0.1, 0.15) is 5.75 Å². The van der Waals surface area contributed by atoms with Crippen LogP contribution in [0.5, 0.6) is 5.75 Å². The van der Waals surface area contributed by atoms with Crippen molar-refractivity contribution in [1.29, 1.82) is 0 Å². The molecule has 1 aliphatic rings. The van der Waals surface area contributed by atoms with Crippen LogP contribution in [0.3, 0.4) is 0 Å². The van der Waals surface area contributed by atoms with Crippen LogP contribution in [-0.2, 0) is 6.18 Å². The van der Waals surface area contributed by atoms with Crippen LogP contribution in [0, 0.1) is 5.92 Å². The monoisotopic (exact) mass is 245 g/mol. The topological polar surface area (TPSA) is 35.2 Å². The zero-order valence-corrected chi connectivity index (χ0v) is 9.26. The van der Waals surface area contributed by atoms with E-state index in [9.17, 15) is 13.2 Å². The first-order chi connectivity index (χ1) is 7.97. The highest BCUT2D eigenvalue weighted by molar-refractivity contribution is 5.51. The van der Waals surface area contributed by atoms with Crippen molar-refractivity contribution >= 4 is 5.69 Å². The molecule has 0 heterocycles. The average Bonchev–Trinajstić information content (AvgIpc) is 3.03. The van der Waals surface area contributed by atoms with E-state index in [1.165, 1.54) is 25.0 Å². The van der Waals surface area contributed by atoms with Crippen molar-refractivity contribution in [2.24, 2.45) is 5.92 Å². The summed E-state index contributed by atoms with van der Waals surface area (Å²) in [6, 6.07) is 3.66. The van der Waals surface area contributed by atoms with Crippen LogP contribution in [0.15, 0.2) is 18.2 Å². The lowest BCUT2D eigenvalue weighted by Crippen LogP contribution is -2.09. The fraction of sp³-hybridized carbons (Fsp3) is 0.500. The lowest BCUT2D eigenvalue weighted by Gasteiger charge is -2.12. The Bertz CT molecular complexity index is 399. The molecule has 0 saturated heterocycles. The Labute approximate surface area is 97.6 Å². The maximum atomic E-state index is 12.6. The first-order valence-electron chi connectivity index (χ1n) is 5.56. The van der Waals surface area contributed by atoms with Gasteiger partial charge in [0.05, 0.1) is 12.2 Å². The summed E-state index contributed by atoms with van der Waals surface area (Å²) in [5, 5.41) is 0. The Balaban J connectivity index is 2.01. The van der Waals surface area contributed by atoms with Crippen molar-refractivity contribution in [2.45, 2.75) is 25.4 Å². The Hall–Kier alpha value is -1.39. The minimum absolute atomic E-state index is 0.229. The molecule has 0 spiro atoms. The van der Waals surface area contributed by atoms with Gasteiger partial charge >= 0.3 is 6.18 Å². The van der Waals surface area contributed by atoms with E-state index in [1.807, 2.05) is 0 Å². The summed E-state index contributed by atoms with van der Waals surface area (Å²) in [6.07, 6.45) is -1.11. The summed E-state index contributed by atoms with van der Waals surface area (Å²) in [6.45, 7) is 0.464. The van der Waals surface area contributed by atoms with Gasteiger partial charge in [0.25, 0.3) is 0 Å². The molecular formula is C12H14F3NO. The normalized spacial score (nSPS) is 15.9. The molecule has 0 atom stereocenters.